The Hall–Kier alpha value is -2.98. The second-order valence-electron chi connectivity index (χ2n) is 5.91. The van der Waals surface area contributed by atoms with E-state index in [1.165, 1.54) is 16.7 Å². The number of nitriles is 1. The van der Waals surface area contributed by atoms with Crippen LogP contribution in [-0.4, -0.2) is 37.9 Å². The molecule has 0 spiro atoms. The number of carbonyl (C=O) groups is 2. The largest absolute Gasteiger partial charge is 0.497 e. The molecule has 0 N–H and O–H groups in total. The molecule has 0 saturated heterocycles. The van der Waals surface area contributed by atoms with Gasteiger partial charge in [0.05, 0.1) is 25.4 Å². The van der Waals surface area contributed by atoms with Crippen molar-refractivity contribution in [3.8, 4) is 11.8 Å². The number of methoxy groups -OCH3 is 1. The van der Waals surface area contributed by atoms with Crippen molar-refractivity contribution in [2.45, 2.75) is 18.2 Å². The molecule has 28 heavy (non-hydrogen) atoms. The number of thioether (sulfide) groups is 1. The fraction of sp³-hybridized carbons (Fsp3) is 0.286. The summed E-state index contributed by atoms with van der Waals surface area (Å²) < 4.78 is 10.2. The lowest BCUT2D eigenvalue weighted by Crippen LogP contribution is -2.35. The van der Waals surface area contributed by atoms with Crippen LogP contribution in [0.5, 0.6) is 5.75 Å². The molecule has 0 atom stereocenters. The minimum Gasteiger partial charge on any atom is -0.497 e. The summed E-state index contributed by atoms with van der Waals surface area (Å²) in [6.07, 6.45) is 0.195. The molecule has 2 rings (SSSR count). The fourth-order valence-corrected chi connectivity index (χ4v) is 3.06. The Balaban J connectivity index is 1.87. The molecule has 0 aliphatic heterocycles. The Bertz CT molecular complexity index is 829. The molecular formula is C21H22N2O4S. The molecule has 0 fully saturated rings. The second kappa shape index (κ2) is 11.0. The molecule has 0 aliphatic rings. The monoisotopic (exact) mass is 398 g/mol. The molecule has 0 aliphatic carbocycles. The topological polar surface area (TPSA) is 79.6 Å². The molecule has 1 amide bonds. The minimum atomic E-state index is -0.474. The molecule has 2 aromatic rings. The van der Waals surface area contributed by atoms with Crippen LogP contribution in [0.1, 0.15) is 12.0 Å². The Morgan fingerprint density at radius 1 is 1.11 bits per heavy atom. The van der Waals surface area contributed by atoms with Crippen LogP contribution in [0.2, 0.25) is 0 Å². The quantitative estimate of drug-likeness (QED) is 0.474. The summed E-state index contributed by atoms with van der Waals surface area (Å²) in [5.74, 6) is 0.00815. The van der Waals surface area contributed by atoms with Gasteiger partial charge in [-0.05, 0) is 43.3 Å². The van der Waals surface area contributed by atoms with Gasteiger partial charge in [0.25, 0.3) is 5.91 Å². The Morgan fingerprint density at radius 2 is 1.79 bits per heavy atom. The van der Waals surface area contributed by atoms with Crippen molar-refractivity contribution in [2.75, 3.05) is 30.9 Å². The van der Waals surface area contributed by atoms with Gasteiger partial charge in [-0.15, -0.1) is 11.8 Å². The standard InChI is InChI=1S/C21H22N2O4S/c1-16-4-6-17(7-5-16)23(13-3-12-22)20(24)14-27-21(25)15-28-19-10-8-18(26-2)9-11-19/h4-11H,3,13-15H2,1-2H3. The lowest BCUT2D eigenvalue weighted by Gasteiger charge is -2.21. The first-order valence-corrected chi connectivity index (χ1v) is 9.68. The van der Waals surface area contributed by atoms with Gasteiger partial charge in [-0.2, -0.15) is 5.26 Å². The van der Waals surface area contributed by atoms with Gasteiger partial charge in [0.15, 0.2) is 6.61 Å². The zero-order chi connectivity index (χ0) is 20.4. The smallest absolute Gasteiger partial charge is 0.316 e. The van der Waals surface area contributed by atoms with Crippen molar-refractivity contribution in [1.82, 2.24) is 0 Å². The first-order chi connectivity index (χ1) is 13.5. The summed E-state index contributed by atoms with van der Waals surface area (Å²) in [7, 11) is 1.59. The normalized spacial score (nSPS) is 10.0. The molecule has 0 bridgehead atoms. The second-order valence-corrected chi connectivity index (χ2v) is 6.96. The van der Waals surface area contributed by atoms with Crippen LogP contribution in [0.15, 0.2) is 53.4 Å². The molecule has 146 valence electrons. The van der Waals surface area contributed by atoms with Gasteiger partial charge in [-0.25, -0.2) is 0 Å². The average molecular weight is 398 g/mol. The molecule has 7 heteroatoms. The third-order valence-electron chi connectivity index (χ3n) is 3.87. The van der Waals surface area contributed by atoms with Crippen molar-refractivity contribution in [3.05, 3.63) is 54.1 Å². The predicted molar refractivity (Wildman–Crippen MR) is 108 cm³/mol. The molecule has 0 aromatic heterocycles. The van der Waals surface area contributed by atoms with E-state index in [0.717, 1.165) is 16.2 Å². The fourth-order valence-electron chi connectivity index (χ4n) is 2.36. The zero-order valence-corrected chi connectivity index (χ0v) is 16.7. The van der Waals surface area contributed by atoms with E-state index in [9.17, 15) is 9.59 Å². The van der Waals surface area contributed by atoms with E-state index >= 15 is 0 Å². The van der Waals surface area contributed by atoms with Crippen molar-refractivity contribution >= 4 is 29.3 Å². The van der Waals surface area contributed by atoms with E-state index in [-0.39, 0.29) is 31.2 Å². The van der Waals surface area contributed by atoms with Crippen LogP contribution >= 0.6 is 11.8 Å². The lowest BCUT2D eigenvalue weighted by atomic mass is 10.2. The number of nitrogens with zero attached hydrogens (tertiary/aromatic N) is 2. The maximum atomic E-state index is 12.5. The molecule has 0 saturated carbocycles. The minimum absolute atomic E-state index is 0.0995. The Labute approximate surface area is 169 Å². The van der Waals surface area contributed by atoms with Gasteiger partial charge in [-0.3, -0.25) is 9.59 Å². The summed E-state index contributed by atoms with van der Waals surface area (Å²) in [5, 5.41) is 8.83. The summed E-state index contributed by atoms with van der Waals surface area (Å²) in [6, 6.07) is 16.8. The maximum absolute atomic E-state index is 12.5. The SMILES string of the molecule is COc1ccc(SCC(=O)OCC(=O)N(CCC#N)c2ccc(C)cc2)cc1. The number of benzene rings is 2. The molecule has 0 unspecified atom stereocenters. The van der Waals surface area contributed by atoms with Gasteiger partial charge in [0, 0.05) is 17.1 Å². The van der Waals surface area contributed by atoms with Crippen LogP contribution in [0.4, 0.5) is 5.69 Å². The number of aryl methyl sites for hydroxylation is 1. The third kappa shape index (κ3) is 6.63. The summed E-state index contributed by atoms with van der Waals surface area (Å²) in [4.78, 5) is 26.8. The molecule has 0 heterocycles. The van der Waals surface area contributed by atoms with E-state index in [1.54, 1.807) is 7.11 Å². The van der Waals surface area contributed by atoms with Crippen molar-refractivity contribution in [3.63, 3.8) is 0 Å². The lowest BCUT2D eigenvalue weighted by molar-refractivity contribution is -0.145. The number of carbonyl (C=O) groups excluding carboxylic acids is 2. The van der Waals surface area contributed by atoms with Crippen LogP contribution in [0.25, 0.3) is 0 Å². The molecular weight excluding hydrogens is 376 g/mol. The summed E-state index contributed by atoms with van der Waals surface area (Å²) in [5.41, 5.74) is 1.74. The highest BCUT2D eigenvalue weighted by atomic mass is 32.2. The number of ether oxygens (including phenoxy) is 2. The van der Waals surface area contributed by atoms with Gasteiger partial charge < -0.3 is 14.4 Å². The van der Waals surface area contributed by atoms with Crippen LogP contribution in [0, 0.1) is 18.3 Å². The van der Waals surface area contributed by atoms with Crippen molar-refractivity contribution in [2.24, 2.45) is 0 Å². The van der Waals surface area contributed by atoms with E-state index in [2.05, 4.69) is 0 Å². The van der Waals surface area contributed by atoms with Gasteiger partial charge in [0.1, 0.15) is 5.75 Å². The maximum Gasteiger partial charge on any atom is 0.316 e. The highest BCUT2D eigenvalue weighted by Gasteiger charge is 2.17. The van der Waals surface area contributed by atoms with Crippen LogP contribution < -0.4 is 9.64 Å². The number of hydrogen-bond donors (Lipinski definition) is 0. The summed E-state index contributed by atoms with van der Waals surface area (Å²) >= 11 is 1.32. The van der Waals surface area contributed by atoms with Crippen LogP contribution in [-0.2, 0) is 14.3 Å². The third-order valence-corrected chi connectivity index (χ3v) is 4.85. The Kier molecular flexibility index (Phi) is 8.37. The van der Waals surface area contributed by atoms with Crippen molar-refractivity contribution in [1.29, 1.82) is 5.26 Å². The average Bonchev–Trinajstić information content (AvgIpc) is 2.72. The number of hydrogen-bond acceptors (Lipinski definition) is 6. The van der Waals surface area contributed by atoms with Gasteiger partial charge >= 0.3 is 5.97 Å². The van der Waals surface area contributed by atoms with Crippen LogP contribution in [0.3, 0.4) is 0 Å². The molecule has 6 nitrogen and oxygen atoms in total. The Morgan fingerprint density at radius 3 is 2.39 bits per heavy atom. The highest BCUT2D eigenvalue weighted by Crippen LogP contribution is 2.21. The number of anilines is 1. The van der Waals surface area contributed by atoms with E-state index in [4.69, 9.17) is 14.7 Å². The van der Waals surface area contributed by atoms with Gasteiger partial charge in [-0.1, -0.05) is 17.7 Å². The zero-order valence-electron chi connectivity index (χ0n) is 15.9. The number of esters is 1. The first-order valence-electron chi connectivity index (χ1n) is 8.70. The van der Waals surface area contributed by atoms with E-state index < -0.39 is 5.97 Å². The summed E-state index contributed by atoms with van der Waals surface area (Å²) in [6.45, 7) is 1.84. The van der Waals surface area contributed by atoms with E-state index in [0.29, 0.717) is 5.69 Å². The van der Waals surface area contributed by atoms with E-state index in [1.807, 2.05) is 61.5 Å². The molecule has 2 aromatic carbocycles. The number of amides is 1. The molecule has 0 radical (unpaired) electrons. The van der Waals surface area contributed by atoms with Crippen molar-refractivity contribution < 1.29 is 19.1 Å². The number of rotatable bonds is 9. The predicted octanol–water partition coefficient (Wildman–Crippen LogP) is 3.59. The van der Waals surface area contributed by atoms with Gasteiger partial charge in [0.2, 0.25) is 0 Å². The highest BCUT2D eigenvalue weighted by molar-refractivity contribution is 8.00. The first kappa shape index (κ1) is 21.3.